The van der Waals surface area contributed by atoms with Crippen LogP contribution < -0.4 is 5.73 Å². The van der Waals surface area contributed by atoms with E-state index in [2.05, 4.69) is 11.6 Å². The van der Waals surface area contributed by atoms with Crippen molar-refractivity contribution in [3.8, 4) is 0 Å². The lowest BCUT2D eigenvalue weighted by molar-refractivity contribution is 0.621. The Bertz CT molecular complexity index is 338. The van der Waals surface area contributed by atoms with E-state index in [1.807, 2.05) is 0 Å². The lowest BCUT2D eigenvalue weighted by atomic mass is 10.2. The summed E-state index contributed by atoms with van der Waals surface area (Å²) in [5.41, 5.74) is 5.72. The van der Waals surface area contributed by atoms with Gasteiger partial charge in [-0.15, -0.1) is 0 Å². The molecule has 5 heteroatoms. The normalized spacial score (nSPS) is 9.92. The molecule has 1 aromatic rings. The number of hydrogen-bond donors (Lipinski definition) is 1. The van der Waals surface area contributed by atoms with Crippen LogP contribution in [0.4, 0.5) is 4.39 Å². The van der Waals surface area contributed by atoms with Crippen molar-refractivity contribution in [2.75, 3.05) is 0 Å². The highest BCUT2D eigenvalue weighted by Gasteiger charge is 2.08. The molecule has 0 bridgehead atoms. The van der Waals surface area contributed by atoms with Crippen LogP contribution in [0.3, 0.4) is 0 Å². The zero-order valence-electron chi connectivity index (χ0n) is 5.94. The second-order valence-corrected chi connectivity index (χ2v) is 2.84. The predicted octanol–water partition coefficient (Wildman–Crippen LogP) is 2.46. The third-order valence-electron chi connectivity index (χ3n) is 1.23. The fourth-order valence-corrected chi connectivity index (χ4v) is 1.11. The third-order valence-corrected chi connectivity index (χ3v) is 1.79. The van der Waals surface area contributed by atoms with E-state index in [0.717, 1.165) is 6.07 Å². The van der Waals surface area contributed by atoms with Crippen LogP contribution in [0, 0.1) is 5.82 Å². The summed E-state index contributed by atoms with van der Waals surface area (Å²) in [6.07, 6.45) is 0. The van der Waals surface area contributed by atoms with Gasteiger partial charge in [-0.2, -0.15) is 0 Å². The molecule has 0 fully saturated rings. The quantitative estimate of drug-likeness (QED) is 0.718. The minimum atomic E-state index is -0.664. The lowest BCUT2D eigenvalue weighted by Gasteiger charge is -2.02. The van der Waals surface area contributed by atoms with Gasteiger partial charge in [0, 0.05) is 11.3 Å². The molecule has 12 heavy (non-hydrogen) atoms. The first kappa shape index (κ1) is 9.29. The van der Waals surface area contributed by atoms with E-state index in [-0.39, 0.29) is 21.6 Å². The van der Waals surface area contributed by atoms with Crippen LogP contribution in [0.15, 0.2) is 12.6 Å². The fourth-order valence-electron chi connectivity index (χ4n) is 0.671. The van der Waals surface area contributed by atoms with E-state index in [1.165, 1.54) is 0 Å². The molecule has 1 aromatic heterocycles. The average Bonchev–Trinajstić information content (AvgIpc) is 1.96. The number of pyridine rings is 1. The van der Waals surface area contributed by atoms with Gasteiger partial charge in [0.1, 0.15) is 5.15 Å². The predicted molar refractivity (Wildman–Crippen MR) is 47.4 cm³/mol. The summed E-state index contributed by atoms with van der Waals surface area (Å²) in [5, 5.41) is -0.223. The Morgan fingerprint density at radius 3 is 2.58 bits per heavy atom. The first-order valence-corrected chi connectivity index (χ1v) is 3.74. The molecule has 0 aliphatic heterocycles. The van der Waals surface area contributed by atoms with Crippen LogP contribution in [0.25, 0.3) is 5.70 Å². The highest BCUT2D eigenvalue weighted by molar-refractivity contribution is 6.33. The van der Waals surface area contributed by atoms with Crippen molar-refractivity contribution >= 4 is 28.9 Å². The van der Waals surface area contributed by atoms with E-state index in [0.29, 0.717) is 0 Å². The van der Waals surface area contributed by atoms with E-state index in [9.17, 15) is 4.39 Å². The second-order valence-electron chi connectivity index (χ2n) is 2.12. The van der Waals surface area contributed by atoms with Crippen molar-refractivity contribution in [2.45, 2.75) is 0 Å². The summed E-state index contributed by atoms with van der Waals surface area (Å²) >= 11 is 10.9. The van der Waals surface area contributed by atoms with Gasteiger partial charge in [0.2, 0.25) is 0 Å². The number of nitrogens with two attached hydrogens (primary N) is 1. The van der Waals surface area contributed by atoms with Crippen LogP contribution in [0.5, 0.6) is 0 Å². The highest BCUT2D eigenvalue weighted by Crippen LogP contribution is 2.22. The summed E-state index contributed by atoms with van der Waals surface area (Å²) < 4.78 is 12.8. The molecular weight excluding hydrogens is 202 g/mol. The van der Waals surface area contributed by atoms with E-state index < -0.39 is 5.82 Å². The molecule has 0 atom stereocenters. The maximum atomic E-state index is 12.8. The third kappa shape index (κ3) is 1.68. The summed E-state index contributed by atoms with van der Waals surface area (Å²) in [6, 6.07) is 1.10. The fraction of sp³-hybridized carbons (Fsp3) is 0. The van der Waals surface area contributed by atoms with Gasteiger partial charge in [0.15, 0.2) is 11.0 Å². The van der Waals surface area contributed by atoms with Gasteiger partial charge in [-0.05, 0) is 6.07 Å². The minimum absolute atomic E-state index is 0.0499. The molecule has 1 rings (SSSR count). The second kappa shape index (κ2) is 3.29. The van der Waals surface area contributed by atoms with Crippen LogP contribution in [-0.2, 0) is 0 Å². The van der Waals surface area contributed by atoms with Crippen molar-refractivity contribution in [1.29, 1.82) is 0 Å². The smallest absolute Gasteiger partial charge is 0.166 e. The van der Waals surface area contributed by atoms with Crippen LogP contribution in [-0.4, -0.2) is 4.98 Å². The maximum absolute atomic E-state index is 12.8. The Balaban J connectivity index is 3.33. The van der Waals surface area contributed by atoms with Gasteiger partial charge in [0.05, 0.1) is 0 Å². The van der Waals surface area contributed by atoms with E-state index in [1.54, 1.807) is 0 Å². The Labute approximate surface area is 78.8 Å². The molecule has 64 valence electrons. The van der Waals surface area contributed by atoms with Crippen molar-refractivity contribution in [2.24, 2.45) is 5.73 Å². The zero-order valence-corrected chi connectivity index (χ0v) is 7.45. The lowest BCUT2D eigenvalue weighted by Crippen LogP contribution is -1.98. The van der Waals surface area contributed by atoms with Gasteiger partial charge < -0.3 is 5.73 Å². The van der Waals surface area contributed by atoms with E-state index in [4.69, 9.17) is 28.9 Å². The Kier molecular flexibility index (Phi) is 2.55. The monoisotopic (exact) mass is 206 g/mol. The van der Waals surface area contributed by atoms with Gasteiger partial charge >= 0.3 is 0 Å². The molecule has 0 saturated carbocycles. The van der Waals surface area contributed by atoms with Crippen molar-refractivity contribution in [1.82, 2.24) is 4.98 Å². The van der Waals surface area contributed by atoms with Gasteiger partial charge in [-0.25, -0.2) is 9.37 Å². The molecular formula is C7H5Cl2FN2. The van der Waals surface area contributed by atoms with Crippen molar-refractivity contribution in [3.63, 3.8) is 0 Å². The van der Waals surface area contributed by atoms with Crippen molar-refractivity contribution in [3.05, 3.63) is 34.3 Å². The largest absolute Gasteiger partial charge is 0.399 e. The number of nitrogens with zero attached hydrogens (tertiary/aromatic N) is 1. The number of aromatic nitrogens is 1. The topological polar surface area (TPSA) is 38.9 Å². The number of rotatable bonds is 1. The average molecular weight is 207 g/mol. The molecule has 0 aliphatic carbocycles. The number of hydrogen-bond acceptors (Lipinski definition) is 2. The Hall–Kier alpha value is -0.800. The number of halogens is 3. The van der Waals surface area contributed by atoms with Gasteiger partial charge in [0.25, 0.3) is 0 Å². The maximum Gasteiger partial charge on any atom is 0.166 e. The van der Waals surface area contributed by atoms with Crippen LogP contribution >= 0.6 is 23.2 Å². The molecule has 2 nitrogen and oxygen atoms in total. The molecule has 0 amide bonds. The standard InChI is InChI=1S/C7H5Cl2FN2/c1-3(11)4-2-5(10)7(9)12-6(4)8/h2H,1,11H2. The molecule has 0 aliphatic rings. The molecule has 1 heterocycles. The van der Waals surface area contributed by atoms with Crippen molar-refractivity contribution < 1.29 is 4.39 Å². The van der Waals surface area contributed by atoms with Gasteiger partial charge in [-0.1, -0.05) is 29.8 Å². The molecule has 2 N–H and O–H groups in total. The zero-order chi connectivity index (χ0) is 9.30. The summed E-state index contributed by atoms with van der Waals surface area (Å²) in [7, 11) is 0. The van der Waals surface area contributed by atoms with E-state index >= 15 is 0 Å². The minimum Gasteiger partial charge on any atom is -0.399 e. The van der Waals surface area contributed by atoms with Crippen LogP contribution in [0.1, 0.15) is 5.56 Å². The SMILES string of the molecule is C=C(N)c1cc(F)c(Cl)nc1Cl. The first-order chi connectivity index (χ1) is 5.52. The van der Waals surface area contributed by atoms with Crippen LogP contribution in [0.2, 0.25) is 10.3 Å². The summed E-state index contributed by atoms with van der Waals surface area (Å²) in [6.45, 7) is 3.40. The Morgan fingerprint density at radius 1 is 1.50 bits per heavy atom. The molecule has 0 saturated heterocycles. The van der Waals surface area contributed by atoms with Gasteiger partial charge in [-0.3, -0.25) is 0 Å². The summed E-state index contributed by atoms with van der Waals surface area (Å²) in [4.78, 5) is 3.51. The summed E-state index contributed by atoms with van der Waals surface area (Å²) in [5.74, 6) is -0.664. The molecule has 0 spiro atoms. The first-order valence-electron chi connectivity index (χ1n) is 2.98. The molecule has 0 aromatic carbocycles. The molecule has 0 unspecified atom stereocenters. The molecule has 0 radical (unpaired) electrons. The highest BCUT2D eigenvalue weighted by atomic mass is 35.5. The Morgan fingerprint density at radius 2 is 2.08 bits per heavy atom.